The molecule has 2 rings (SSSR count). The van der Waals surface area contributed by atoms with Crippen LogP contribution in [0.5, 0.6) is 0 Å². The second-order valence-corrected chi connectivity index (χ2v) is 15.8. The van der Waals surface area contributed by atoms with Crippen molar-refractivity contribution in [2.24, 2.45) is 5.92 Å². The first-order valence-corrected chi connectivity index (χ1v) is 19.3. The standard InChI is InChI=1S/C32H54FN9O7P2/c1-20(2)29(43)38-32-37-28-27(30(44)39-32)36-19-40(28)31(49-51(47-17-13-15-35)42(23(7)8)24(9)10)26(33)25(45-11)18-48-50(46-16-12-14-34)41(21(3)4)22(5)6/h19-26,31H,12-13,16-18H2,1-11H3,(H2,37,38,39,43,44)/t25-,26-,31-,50?,51?/m1/s1. The van der Waals surface area contributed by atoms with Crippen LogP contribution in [0.1, 0.15) is 88.3 Å². The van der Waals surface area contributed by atoms with Crippen LogP contribution in [0.2, 0.25) is 0 Å². The van der Waals surface area contributed by atoms with Crippen molar-refractivity contribution in [3.05, 3.63) is 16.7 Å². The SMILES string of the molecule is CO[C@H](COP(OCCC#N)N(C(C)C)C(C)C)[C@@H](F)[C@@H](OP(OCCC#N)N(C(C)C)C(C)C)n1cnc2c(=O)[nH]c(NC(=O)C(C)C)nc21. The molecule has 0 spiro atoms. The summed E-state index contributed by atoms with van der Waals surface area (Å²) in [4.78, 5) is 36.7. The molecule has 1 amide bonds. The number of nitrogens with zero attached hydrogens (tertiary/aromatic N) is 7. The van der Waals surface area contributed by atoms with Crippen molar-refractivity contribution in [1.29, 1.82) is 10.5 Å². The van der Waals surface area contributed by atoms with Gasteiger partial charge in [-0.25, -0.2) is 18.7 Å². The van der Waals surface area contributed by atoms with E-state index in [1.165, 1.54) is 18.0 Å². The second-order valence-electron chi connectivity index (χ2n) is 13.0. The Hall–Kier alpha value is -2.69. The van der Waals surface area contributed by atoms with Crippen LogP contribution in [0.4, 0.5) is 10.3 Å². The fourth-order valence-corrected chi connectivity index (χ4v) is 8.33. The summed E-state index contributed by atoms with van der Waals surface area (Å²) in [5.74, 6) is -0.941. The number of aromatic nitrogens is 4. The van der Waals surface area contributed by atoms with Crippen molar-refractivity contribution in [1.82, 2.24) is 28.9 Å². The Morgan fingerprint density at radius 1 is 0.941 bits per heavy atom. The quantitative estimate of drug-likeness (QED) is 0.0970. The maximum Gasteiger partial charge on any atom is 0.280 e. The van der Waals surface area contributed by atoms with E-state index >= 15 is 4.39 Å². The van der Waals surface area contributed by atoms with Crippen LogP contribution in [0.25, 0.3) is 11.2 Å². The van der Waals surface area contributed by atoms with E-state index in [0.717, 1.165) is 0 Å². The molecular formula is C32H54FN9O7P2. The van der Waals surface area contributed by atoms with Crippen LogP contribution in [-0.2, 0) is 27.6 Å². The molecule has 16 nitrogen and oxygen atoms in total. The van der Waals surface area contributed by atoms with Crippen LogP contribution in [0, 0.1) is 28.6 Å². The lowest BCUT2D eigenvalue weighted by Crippen LogP contribution is -2.40. The Bertz CT molecular complexity index is 1500. The zero-order valence-electron chi connectivity index (χ0n) is 31.5. The molecule has 2 aromatic heterocycles. The van der Waals surface area contributed by atoms with Gasteiger partial charge >= 0.3 is 0 Å². The molecule has 0 radical (unpaired) electrons. The van der Waals surface area contributed by atoms with Gasteiger partial charge in [0, 0.05) is 37.2 Å². The van der Waals surface area contributed by atoms with Crippen molar-refractivity contribution in [2.75, 3.05) is 32.2 Å². The van der Waals surface area contributed by atoms with Crippen LogP contribution in [0.15, 0.2) is 11.1 Å². The lowest BCUT2D eigenvalue weighted by molar-refractivity contribution is -0.118. The Morgan fingerprint density at radius 3 is 1.96 bits per heavy atom. The lowest BCUT2D eigenvalue weighted by Gasteiger charge is -2.39. The molecule has 2 heterocycles. The minimum absolute atomic E-state index is 0.00970. The van der Waals surface area contributed by atoms with E-state index in [-0.39, 0.29) is 79.8 Å². The summed E-state index contributed by atoms with van der Waals surface area (Å²) in [6.45, 7) is 19.0. The van der Waals surface area contributed by atoms with Gasteiger partial charge < -0.3 is 18.3 Å². The first kappa shape index (κ1) is 44.5. The number of anilines is 1. The summed E-state index contributed by atoms with van der Waals surface area (Å²) in [5, 5.41) is 20.9. The Labute approximate surface area is 302 Å². The molecule has 0 aliphatic carbocycles. The number of hydrogen-bond donors (Lipinski definition) is 2. The summed E-state index contributed by atoms with van der Waals surface area (Å²) in [6.07, 6.45) is -3.30. The Balaban J connectivity index is 2.69. The molecule has 286 valence electrons. The molecule has 2 aromatic rings. The molecule has 2 unspecified atom stereocenters. The fourth-order valence-electron chi connectivity index (χ4n) is 5.01. The number of alkyl halides is 1. The number of halogens is 1. The third-order valence-corrected chi connectivity index (χ3v) is 11.4. The van der Waals surface area contributed by atoms with E-state index in [1.54, 1.807) is 13.8 Å². The molecule has 0 bridgehead atoms. The molecule has 0 aliphatic rings. The average molecular weight is 758 g/mol. The van der Waals surface area contributed by atoms with E-state index in [2.05, 4.69) is 32.4 Å². The highest BCUT2D eigenvalue weighted by Gasteiger charge is 2.40. The van der Waals surface area contributed by atoms with Crippen LogP contribution in [0.3, 0.4) is 0 Å². The van der Waals surface area contributed by atoms with Gasteiger partial charge in [0.25, 0.3) is 22.6 Å². The van der Waals surface area contributed by atoms with Crippen LogP contribution < -0.4 is 10.9 Å². The van der Waals surface area contributed by atoms with Crippen molar-refractivity contribution in [3.8, 4) is 12.1 Å². The average Bonchev–Trinajstić information content (AvgIpc) is 3.47. The number of hydrogen-bond acceptors (Lipinski definition) is 13. The van der Waals surface area contributed by atoms with Gasteiger partial charge in [0.1, 0.15) is 6.10 Å². The fraction of sp³-hybridized carbons (Fsp3) is 0.750. The molecule has 0 saturated heterocycles. The summed E-state index contributed by atoms with van der Waals surface area (Å²) in [7, 11) is -2.41. The number of imidazole rings is 1. The van der Waals surface area contributed by atoms with E-state index in [1.807, 2.05) is 64.7 Å². The maximum atomic E-state index is 17.3. The van der Waals surface area contributed by atoms with Crippen molar-refractivity contribution < 1.29 is 32.0 Å². The van der Waals surface area contributed by atoms with Gasteiger partial charge in [-0.1, -0.05) is 13.8 Å². The summed E-state index contributed by atoms with van der Waals surface area (Å²) >= 11 is 0. The molecule has 0 fully saturated rings. The predicted molar refractivity (Wildman–Crippen MR) is 194 cm³/mol. The number of carbonyl (C=O) groups is 1. The normalized spacial score (nSPS) is 15.2. The highest BCUT2D eigenvalue weighted by Crippen LogP contribution is 2.51. The van der Waals surface area contributed by atoms with Gasteiger partial charge in [-0.2, -0.15) is 15.5 Å². The topological polar surface area (TPSA) is 193 Å². The van der Waals surface area contributed by atoms with Gasteiger partial charge in [0.05, 0.1) is 51.1 Å². The molecule has 0 aliphatic heterocycles. The van der Waals surface area contributed by atoms with Crippen LogP contribution >= 0.6 is 17.1 Å². The number of fused-ring (bicyclic) bond motifs is 1. The maximum absolute atomic E-state index is 17.3. The van der Waals surface area contributed by atoms with Gasteiger partial charge in [-0.3, -0.25) is 29.0 Å². The van der Waals surface area contributed by atoms with Gasteiger partial charge in [0.2, 0.25) is 11.9 Å². The number of ether oxygens (including phenoxy) is 1. The summed E-state index contributed by atoms with van der Waals surface area (Å²) in [6, 6.07) is 3.92. The van der Waals surface area contributed by atoms with Crippen molar-refractivity contribution >= 4 is 40.1 Å². The summed E-state index contributed by atoms with van der Waals surface area (Å²) in [5.41, 5.74) is -0.816. The Morgan fingerprint density at radius 2 is 1.47 bits per heavy atom. The molecule has 19 heteroatoms. The summed E-state index contributed by atoms with van der Waals surface area (Å²) < 4.78 is 53.1. The molecule has 2 N–H and O–H groups in total. The number of aromatic amines is 1. The number of rotatable bonds is 23. The molecular weight excluding hydrogens is 703 g/mol. The first-order chi connectivity index (χ1) is 24.1. The van der Waals surface area contributed by atoms with E-state index in [9.17, 15) is 14.9 Å². The smallest absolute Gasteiger partial charge is 0.280 e. The molecule has 0 saturated carbocycles. The predicted octanol–water partition coefficient (Wildman–Crippen LogP) is 6.15. The number of nitrogens with one attached hydrogen (secondary N) is 2. The second kappa shape index (κ2) is 21.7. The number of methoxy groups -OCH3 is 1. The third-order valence-electron chi connectivity index (χ3n) is 7.27. The van der Waals surface area contributed by atoms with E-state index < -0.39 is 47.0 Å². The van der Waals surface area contributed by atoms with Crippen molar-refractivity contribution in [2.45, 2.75) is 125 Å². The van der Waals surface area contributed by atoms with Crippen LogP contribution in [-0.4, -0.2) is 98.1 Å². The van der Waals surface area contributed by atoms with Crippen molar-refractivity contribution in [3.63, 3.8) is 0 Å². The molecule has 0 aromatic carbocycles. The lowest BCUT2D eigenvalue weighted by atomic mass is 10.2. The first-order valence-electron chi connectivity index (χ1n) is 17.0. The van der Waals surface area contributed by atoms with Gasteiger partial charge in [-0.05, 0) is 55.4 Å². The third kappa shape index (κ3) is 12.7. The van der Waals surface area contributed by atoms with E-state index in [0.29, 0.717) is 0 Å². The minimum Gasteiger partial charge on any atom is -0.376 e. The molecule has 51 heavy (non-hydrogen) atoms. The highest BCUT2D eigenvalue weighted by atomic mass is 31.2. The monoisotopic (exact) mass is 757 g/mol. The Kier molecular flexibility index (Phi) is 19.0. The number of H-pyrrole nitrogens is 1. The number of amides is 1. The molecule has 5 atom stereocenters. The number of carbonyl (C=O) groups excluding carboxylic acids is 1. The minimum atomic E-state index is -2.02. The largest absolute Gasteiger partial charge is 0.376 e. The highest BCUT2D eigenvalue weighted by molar-refractivity contribution is 7.44. The van der Waals surface area contributed by atoms with E-state index in [4.69, 9.17) is 28.1 Å². The zero-order chi connectivity index (χ0) is 38.4. The zero-order valence-corrected chi connectivity index (χ0v) is 33.3. The van der Waals surface area contributed by atoms with Gasteiger partial charge in [0.15, 0.2) is 23.6 Å². The van der Waals surface area contributed by atoms with Gasteiger partial charge in [-0.15, -0.1) is 0 Å². The number of nitriles is 2.